The van der Waals surface area contributed by atoms with E-state index < -0.39 is 0 Å². The summed E-state index contributed by atoms with van der Waals surface area (Å²) in [5.41, 5.74) is 4.12. The number of aromatic nitrogens is 2. The highest BCUT2D eigenvalue weighted by molar-refractivity contribution is 5.48. The first-order valence-corrected chi connectivity index (χ1v) is 6.53. The van der Waals surface area contributed by atoms with Crippen molar-refractivity contribution in [3.63, 3.8) is 0 Å². The van der Waals surface area contributed by atoms with Crippen LogP contribution in [0.4, 0.5) is 0 Å². The van der Waals surface area contributed by atoms with Crippen molar-refractivity contribution < 1.29 is 0 Å². The molecule has 2 heterocycles. The third-order valence-corrected chi connectivity index (χ3v) is 3.74. The number of benzene rings is 1. The zero-order chi connectivity index (χ0) is 13.2. The average Bonchev–Trinajstić information content (AvgIpc) is 3.09. The molecule has 1 unspecified atom stereocenters. The number of rotatable bonds is 2. The lowest BCUT2D eigenvalue weighted by molar-refractivity contribution is 0.713. The van der Waals surface area contributed by atoms with Crippen molar-refractivity contribution >= 4 is 0 Å². The number of nitrogens with one attached hydrogen (secondary N) is 1. The molecule has 1 aromatic heterocycles. The van der Waals surface area contributed by atoms with Gasteiger partial charge in [-0.25, -0.2) is 4.98 Å². The van der Waals surface area contributed by atoms with Gasteiger partial charge in [-0.15, -0.1) is 0 Å². The molecule has 96 valence electrons. The summed E-state index contributed by atoms with van der Waals surface area (Å²) in [6, 6.07) is 7.98. The van der Waals surface area contributed by atoms with Crippen LogP contribution < -0.4 is 5.32 Å². The molecule has 19 heavy (non-hydrogen) atoms. The number of nitrogens with zero attached hydrogens (tertiary/aromatic N) is 3. The van der Waals surface area contributed by atoms with Crippen LogP contribution in [0.3, 0.4) is 0 Å². The van der Waals surface area contributed by atoms with Crippen LogP contribution in [0.15, 0.2) is 30.7 Å². The van der Waals surface area contributed by atoms with Gasteiger partial charge in [0.1, 0.15) is 0 Å². The van der Waals surface area contributed by atoms with E-state index >= 15 is 0 Å². The zero-order valence-electron chi connectivity index (χ0n) is 10.9. The van der Waals surface area contributed by atoms with Crippen LogP contribution in [0.1, 0.15) is 29.2 Å². The molecular formula is C15H16N4. The van der Waals surface area contributed by atoms with Crippen molar-refractivity contribution in [1.29, 1.82) is 5.26 Å². The van der Waals surface area contributed by atoms with Gasteiger partial charge in [0.25, 0.3) is 0 Å². The van der Waals surface area contributed by atoms with Gasteiger partial charge in [0.15, 0.2) is 0 Å². The number of hydrogen-bond donors (Lipinski definition) is 1. The lowest BCUT2D eigenvalue weighted by Crippen LogP contribution is -2.11. The Morgan fingerprint density at radius 1 is 1.47 bits per heavy atom. The van der Waals surface area contributed by atoms with Gasteiger partial charge in [-0.3, -0.25) is 0 Å². The maximum Gasteiger partial charge on any atom is 0.0994 e. The summed E-state index contributed by atoms with van der Waals surface area (Å²) in [7, 11) is 0. The van der Waals surface area contributed by atoms with E-state index in [0.717, 1.165) is 30.8 Å². The highest BCUT2D eigenvalue weighted by Gasteiger charge is 2.21. The molecule has 0 spiro atoms. The van der Waals surface area contributed by atoms with Crippen LogP contribution in [-0.4, -0.2) is 22.6 Å². The molecule has 3 rings (SSSR count). The standard InChI is InChI=1S/C15H16N4/c1-11-2-3-12(7-16)6-14(11)19-10-18-9-15(19)13-4-5-17-8-13/h2-3,6,9-10,13,17H,4-5,8H2,1H3. The monoisotopic (exact) mass is 252 g/mol. The second-order valence-corrected chi connectivity index (χ2v) is 4.99. The van der Waals surface area contributed by atoms with Crippen LogP contribution in [0.2, 0.25) is 0 Å². The van der Waals surface area contributed by atoms with Crippen molar-refractivity contribution in [2.45, 2.75) is 19.3 Å². The third-order valence-electron chi connectivity index (χ3n) is 3.74. The summed E-state index contributed by atoms with van der Waals surface area (Å²) in [6.07, 6.45) is 4.93. The quantitative estimate of drug-likeness (QED) is 0.890. The second kappa shape index (κ2) is 4.87. The van der Waals surface area contributed by atoms with Crippen LogP contribution in [0.5, 0.6) is 0 Å². The Kier molecular flexibility index (Phi) is 3.06. The first-order chi connectivity index (χ1) is 9.29. The molecule has 4 heteroatoms. The molecule has 1 aromatic carbocycles. The van der Waals surface area contributed by atoms with E-state index in [2.05, 4.69) is 27.9 Å². The highest BCUT2D eigenvalue weighted by Crippen LogP contribution is 2.26. The van der Waals surface area contributed by atoms with Crippen molar-refractivity contribution in [2.75, 3.05) is 13.1 Å². The predicted octanol–water partition coefficient (Wildman–Crippen LogP) is 2.13. The summed E-state index contributed by atoms with van der Waals surface area (Å²) >= 11 is 0. The van der Waals surface area contributed by atoms with E-state index in [9.17, 15) is 0 Å². The molecule has 4 nitrogen and oxygen atoms in total. The number of nitriles is 1. The van der Waals surface area contributed by atoms with Gasteiger partial charge >= 0.3 is 0 Å². The molecule has 0 aliphatic carbocycles. The Bertz CT molecular complexity index is 630. The number of hydrogen-bond acceptors (Lipinski definition) is 3. The van der Waals surface area contributed by atoms with Gasteiger partial charge in [-0.2, -0.15) is 5.26 Å². The van der Waals surface area contributed by atoms with E-state index in [0.29, 0.717) is 11.5 Å². The molecular weight excluding hydrogens is 236 g/mol. The van der Waals surface area contributed by atoms with E-state index in [4.69, 9.17) is 5.26 Å². The van der Waals surface area contributed by atoms with Gasteiger partial charge < -0.3 is 9.88 Å². The normalized spacial score (nSPS) is 18.4. The first-order valence-electron chi connectivity index (χ1n) is 6.53. The Balaban J connectivity index is 2.07. The largest absolute Gasteiger partial charge is 0.316 e. The average molecular weight is 252 g/mol. The fourth-order valence-corrected chi connectivity index (χ4v) is 2.65. The van der Waals surface area contributed by atoms with Crippen molar-refractivity contribution in [1.82, 2.24) is 14.9 Å². The van der Waals surface area contributed by atoms with Crippen molar-refractivity contribution in [3.8, 4) is 11.8 Å². The minimum Gasteiger partial charge on any atom is -0.316 e. The summed E-state index contributed by atoms with van der Waals surface area (Å²) in [5, 5.41) is 12.4. The summed E-state index contributed by atoms with van der Waals surface area (Å²) in [5.74, 6) is 0.507. The summed E-state index contributed by atoms with van der Waals surface area (Å²) in [4.78, 5) is 4.29. The van der Waals surface area contributed by atoms with Gasteiger partial charge in [0.05, 0.1) is 23.6 Å². The summed E-state index contributed by atoms with van der Waals surface area (Å²) in [6.45, 7) is 4.13. The molecule has 0 saturated carbocycles. The molecule has 1 aliphatic heterocycles. The smallest absolute Gasteiger partial charge is 0.0994 e. The fourth-order valence-electron chi connectivity index (χ4n) is 2.65. The van der Waals surface area contributed by atoms with Crippen molar-refractivity contribution in [3.05, 3.63) is 47.5 Å². The summed E-state index contributed by atoms with van der Waals surface area (Å²) < 4.78 is 2.12. The van der Waals surface area contributed by atoms with Crippen LogP contribution in [-0.2, 0) is 0 Å². The van der Waals surface area contributed by atoms with Gasteiger partial charge in [0.2, 0.25) is 0 Å². The Morgan fingerprint density at radius 3 is 3.11 bits per heavy atom. The third kappa shape index (κ3) is 2.13. The molecule has 1 fully saturated rings. The Labute approximate surface area is 112 Å². The predicted molar refractivity (Wildman–Crippen MR) is 73.2 cm³/mol. The zero-order valence-corrected chi connectivity index (χ0v) is 10.9. The second-order valence-electron chi connectivity index (χ2n) is 4.99. The van der Waals surface area contributed by atoms with E-state index in [-0.39, 0.29) is 0 Å². The maximum atomic E-state index is 9.05. The molecule has 1 N–H and O–H groups in total. The minimum atomic E-state index is 0.507. The molecule has 1 saturated heterocycles. The topological polar surface area (TPSA) is 53.6 Å². The van der Waals surface area contributed by atoms with Crippen molar-refractivity contribution in [2.24, 2.45) is 0 Å². The Morgan fingerprint density at radius 2 is 2.37 bits per heavy atom. The van der Waals surface area contributed by atoms with Crippen LogP contribution in [0, 0.1) is 18.3 Å². The van der Waals surface area contributed by atoms with Crippen LogP contribution in [0.25, 0.3) is 5.69 Å². The lowest BCUT2D eigenvalue weighted by Gasteiger charge is -2.15. The highest BCUT2D eigenvalue weighted by atomic mass is 15.1. The molecule has 0 amide bonds. The lowest BCUT2D eigenvalue weighted by atomic mass is 10.0. The Hall–Kier alpha value is -2.12. The fraction of sp³-hybridized carbons (Fsp3) is 0.333. The van der Waals surface area contributed by atoms with Gasteiger partial charge in [-0.1, -0.05) is 6.07 Å². The molecule has 1 aliphatic rings. The van der Waals surface area contributed by atoms with Gasteiger partial charge in [-0.05, 0) is 37.6 Å². The molecule has 0 bridgehead atoms. The number of imidazole rings is 1. The molecule has 2 aromatic rings. The van der Waals surface area contributed by atoms with E-state index in [1.807, 2.05) is 30.7 Å². The van der Waals surface area contributed by atoms with Crippen LogP contribution >= 0.6 is 0 Å². The minimum absolute atomic E-state index is 0.507. The van der Waals surface area contributed by atoms with E-state index in [1.165, 1.54) is 5.69 Å². The SMILES string of the molecule is Cc1ccc(C#N)cc1-n1cncc1C1CCNC1. The number of aryl methyl sites for hydroxylation is 1. The first kappa shape index (κ1) is 11.9. The molecule has 0 radical (unpaired) electrons. The maximum absolute atomic E-state index is 9.05. The van der Waals surface area contributed by atoms with Gasteiger partial charge in [0, 0.05) is 24.4 Å². The molecule has 1 atom stereocenters. The van der Waals surface area contributed by atoms with E-state index in [1.54, 1.807) is 0 Å².